The molecular formula is C14H20N2O3S. The first kappa shape index (κ1) is 15.0. The summed E-state index contributed by atoms with van der Waals surface area (Å²) in [6.45, 7) is 0.439. The second kappa shape index (κ2) is 5.93. The van der Waals surface area contributed by atoms with E-state index in [2.05, 4.69) is 0 Å². The molecule has 1 aliphatic heterocycles. The second-order valence-electron chi connectivity index (χ2n) is 5.12. The summed E-state index contributed by atoms with van der Waals surface area (Å²) >= 11 is 0. The summed E-state index contributed by atoms with van der Waals surface area (Å²) in [7, 11) is -1.68. The highest BCUT2D eigenvalue weighted by molar-refractivity contribution is 7.92. The molecule has 0 aliphatic carbocycles. The van der Waals surface area contributed by atoms with Crippen LogP contribution in [0.3, 0.4) is 0 Å². The molecule has 1 fully saturated rings. The Bertz CT molecular complexity index is 581. The summed E-state index contributed by atoms with van der Waals surface area (Å²) in [4.78, 5) is 13.8. The molecule has 0 radical (unpaired) electrons. The zero-order chi connectivity index (χ0) is 14.8. The molecular weight excluding hydrogens is 276 g/mol. The van der Waals surface area contributed by atoms with Crippen LogP contribution in [-0.4, -0.2) is 32.4 Å². The summed E-state index contributed by atoms with van der Waals surface area (Å²) in [5.41, 5.74) is 7.19. The number of benzene rings is 1. The molecule has 0 bridgehead atoms. The van der Waals surface area contributed by atoms with Crippen LogP contribution in [-0.2, 0) is 21.2 Å². The minimum absolute atomic E-state index is 0.114. The van der Waals surface area contributed by atoms with Crippen LogP contribution in [0.25, 0.3) is 0 Å². The molecule has 1 aromatic carbocycles. The summed E-state index contributed by atoms with van der Waals surface area (Å²) in [6.07, 6.45) is 1.86. The average Bonchev–Trinajstić information content (AvgIpc) is 2.45. The van der Waals surface area contributed by atoms with E-state index < -0.39 is 15.1 Å². The lowest BCUT2D eigenvalue weighted by atomic mass is 10.1. The maximum absolute atomic E-state index is 12.4. The Morgan fingerprint density at radius 1 is 1.30 bits per heavy atom. The molecule has 1 aliphatic rings. The third kappa shape index (κ3) is 3.02. The minimum atomic E-state index is -3.30. The van der Waals surface area contributed by atoms with Gasteiger partial charge in [-0.25, -0.2) is 8.42 Å². The van der Waals surface area contributed by atoms with E-state index in [0.717, 1.165) is 12.0 Å². The molecule has 0 saturated carbocycles. The predicted molar refractivity (Wildman–Crippen MR) is 79.2 cm³/mol. The minimum Gasteiger partial charge on any atom is -0.326 e. The maximum atomic E-state index is 12.4. The van der Waals surface area contributed by atoms with E-state index in [-0.39, 0.29) is 11.7 Å². The van der Waals surface area contributed by atoms with E-state index in [0.29, 0.717) is 25.1 Å². The number of sulfone groups is 1. The second-order valence-corrected chi connectivity index (χ2v) is 7.42. The number of nitrogens with two attached hydrogens (primary N) is 1. The van der Waals surface area contributed by atoms with Gasteiger partial charge in [0, 0.05) is 19.3 Å². The SMILES string of the molecule is CN(C(=O)C1CCCCS1(=O)=O)c1ccc(CN)cc1. The van der Waals surface area contributed by atoms with E-state index in [1.807, 2.05) is 12.1 Å². The van der Waals surface area contributed by atoms with Crippen LogP contribution >= 0.6 is 0 Å². The van der Waals surface area contributed by atoms with Crippen molar-refractivity contribution < 1.29 is 13.2 Å². The standard InChI is InChI=1S/C14H20N2O3S/c1-16(12-7-5-11(10-15)6-8-12)14(17)13-4-2-3-9-20(13,18)19/h5-8,13H,2-4,9-10,15H2,1H3. The summed E-state index contributed by atoms with van der Waals surface area (Å²) in [5.74, 6) is -0.228. The highest BCUT2D eigenvalue weighted by Crippen LogP contribution is 2.23. The lowest BCUT2D eigenvalue weighted by Crippen LogP contribution is -2.43. The van der Waals surface area contributed by atoms with Crippen LogP contribution < -0.4 is 10.6 Å². The van der Waals surface area contributed by atoms with Crippen molar-refractivity contribution in [3.63, 3.8) is 0 Å². The van der Waals surface area contributed by atoms with Crippen LogP contribution in [0.5, 0.6) is 0 Å². The third-order valence-corrected chi connectivity index (χ3v) is 5.91. The molecule has 110 valence electrons. The molecule has 1 heterocycles. The number of nitrogens with zero attached hydrogens (tertiary/aromatic N) is 1. The fourth-order valence-corrected chi connectivity index (χ4v) is 4.31. The Morgan fingerprint density at radius 2 is 1.95 bits per heavy atom. The number of hydrogen-bond donors (Lipinski definition) is 1. The molecule has 1 amide bonds. The van der Waals surface area contributed by atoms with Crippen LogP contribution in [0.1, 0.15) is 24.8 Å². The highest BCUT2D eigenvalue weighted by atomic mass is 32.2. The van der Waals surface area contributed by atoms with Gasteiger partial charge >= 0.3 is 0 Å². The Balaban J connectivity index is 2.19. The van der Waals surface area contributed by atoms with Crippen LogP contribution in [0, 0.1) is 0 Å². The van der Waals surface area contributed by atoms with Gasteiger partial charge in [0.2, 0.25) is 5.91 Å². The Morgan fingerprint density at radius 3 is 2.50 bits per heavy atom. The molecule has 0 aromatic heterocycles. The van der Waals surface area contributed by atoms with E-state index in [1.54, 1.807) is 19.2 Å². The summed E-state index contributed by atoms with van der Waals surface area (Å²) in [5, 5.41) is -0.893. The predicted octanol–water partition coefficient (Wildman–Crippen LogP) is 1.08. The number of carbonyl (C=O) groups excluding carboxylic acids is 1. The highest BCUT2D eigenvalue weighted by Gasteiger charge is 2.36. The Kier molecular flexibility index (Phi) is 4.45. The number of anilines is 1. The van der Waals surface area contributed by atoms with Crippen molar-refractivity contribution in [1.29, 1.82) is 0 Å². The largest absolute Gasteiger partial charge is 0.326 e. The first-order valence-electron chi connectivity index (χ1n) is 6.74. The van der Waals surface area contributed by atoms with E-state index in [1.165, 1.54) is 4.90 Å². The molecule has 20 heavy (non-hydrogen) atoms. The first-order valence-corrected chi connectivity index (χ1v) is 8.45. The van der Waals surface area contributed by atoms with Crippen LogP contribution in [0.2, 0.25) is 0 Å². The number of hydrogen-bond acceptors (Lipinski definition) is 4. The van der Waals surface area contributed by atoms with Crippen molar-refractivity contribution in [2.24, 2.45) is 5.73 Å². The van der Waals surface area contributed by atoms with Crippen molar-refractivity contribution in [1.82, 2.24) is 0 Å². The van der Waals surface area contributed by atoms with E-state index >= 15 is 0 Å². The molecule has 1 atom stereocenters. The van der Waals surface area contributed by atoms with Crippen molar-refractivity contribution in [2.45, 2.75) is 31.1 Å². The van der Waals surface area contributed by atoms with Gasteiger partial charge in [-0.15, -0.1) is 0 Å². The molecule has 1 unspecified atom stereocenters. The molecule has 1 saturated heterocycles. The lowest BCUT2D eigenvalue weighted by Gasteiger charge is -2.26. The van der Waals surface area contributed by atoms with Crippen molar-refractivity contribution in [3.8, 4) is 0 Å². The smallest absolute Gasteiger partial charge is 0.245 e. The zero-order valence-electron chi connectivity index (χ0n) is 11.6. The molecule has 2 rings (SSSR count). The lowest BCUT2D eigenvalue weighted by molar-refractivity contribution is -0.118. The van der Waals surface area contributed by atoms with E-state index in [9.17, 15) is 13.2 Å². The van der Waals surface area contributed by atoms with Crippen molar-refractivity contribution >= 4 is 21.4 Å². The molecule has 2 N–H and O–H groups in total. The Labute approximate surface area is 119 Å². The van der Waals surface area contributed by atoms with Gasteiger partial charge in [-0.1, -0.05) is 18.6 Å². The Hall–Kier alpha value is -1.40. The molecule has 5 nitrogen and oxygen atoms in total. The molecule has 1 aromatic rings. The first-order chi connectivity index (χ1) is 9.45. The van der Waals surface area contributed by atoms with Crippen molar-refractivity contribution in [2.75, 3.05) is 17.7 Å². The zero-order valence-corrected chi connectivity index (χ0v) is 12.4. The van der Waals surface area contributed by atoms with Crippen LogP contribution in [0.15, 0.2) is 24.3 Å². The van der Waals surface area contributed by atoms with Crippen LogP contribution in [0.4, 0.5) is 5.69 Å². The molecule has 6 heteroatoms. The number of carbonyl (C=O) groups is 1. The maximum Gasteiger partial charge on any atom is 0.245 e. The van der Waals surface area contributed by atoms with Gasteiger partial charge in [-0.3, -0.25) is 4.79 Å². The van der Waals surface area contributed by atoms with Gasteiger partial charge in [0.05, 0.1) is 5.75 Å². The monoisotopic (exact) mass is 296 g/mol. The number of amides is 1. The van der Waals surface area contributed by atoms with Crippen molar-refractivity contribution in [3.05, 3.63) is 29.8 Å². The van der Waals surface area contributed by atoms with Gasteiger partial charge in [0.1, 0.15) is 5.25 Å². The summed E-state index contributed by atoms with van der Waals surface area (Å²) < 4.78 is 24.0. The van der Waals surface area contributed by atoms with E-state index in [4.69, 9.17) is 5.73 Å². The fourth-order valence-electron chi connectivity index (χ4n) is 2.43. The fraction of sp³-hybridized carbons (Fsp3) is 0.500. The normalized spacial score (nSPS) is 21.4. The van der Waals surface area contributed by atoms with Gasteiger partial charge in [0.25, 0.3) is 0 Å². The average molecular weight is 296 g/mol. The molecule has 0 spiro atoms. The quantitative estimate of drug-likeness (QED) is 0.905. The van der Waals surface area contributed by atoms with Gasteiger partial charge in [0.15, 0.2) is 9.84 Å². The van der Waals surface area contributed by atoms with Gasteiger partial charge in [-0.05, 0) is 30.5 Å². The topological polar surface area (TPSA) is 80.5 Å². The summed E-state index contributed by atoms with van der Waals surface area (Å²) in [6, 6.07) is 7.26. The van der Waals surface area contributed by atoms with Gasteiger partial charge in [-0.2, -0.15) is 0 Å². The van der Waals surface area contributed by atoms with Gasteiger partial charge < -0.3 is 10.6 Å². The third-order valence-electron chi connectivity index (χ3n) is 3.74. The number of rotatable bonds is 3.